The van der Waals surface area contributed by atoms with Gasteiger partial charge >= 0.3 is 0 Å². The molecular formula is C19H25N5O. The number of nitrogens with zero attached hydrogens (tertiary/aromatic N) is 4. The van der Waals surface area contributed by atoms with E-state index in [1.54, 1.807) is 0 Å². The number of hydrogen-bond donors (Lipinski definition) is 1. The fourth-order valence-electron chi connectivity index (χ4n) is 3.94. The normalized spacial score (nSPS) is 26.8. The van der Waals surface area contributed by atoms with Crippen LogP contribution in [0, 0.1) is 12.8 Å². The first-order valence-electron chi connectivity index (χ1n) is 9.09. The van der Waals surface area contributed by atoms with E-state index in [1.165, 1.54) is 6.42 Å². The first-order valence-corrected chi connectivity index (χ1v) is 9.09. The highest BCUT2D eigenvalue weighted by atomic mass is 16.5. The van der Waals surface area contributed by atoms with Gasteiger partial charge in [0.1, 0.15) is 5.82 Å². The molecule has 25 heavy (non-hydrogen) atoms. The summed E-state index contributed by atoms with van der Waals surface area (Å²) in [6.45, 7) is 5.68. The van der Waals surface area contributed by atoms with Crippen molar-refractivity contribution in [2.24, 2.45) is 5.92 Å². The van der Waals surface area contributed by atoms with Crippen LogP contribution in [-0.4, -0.2) is 51.9 Å². The first-order chi connectivity index (χ1) is 12.3. The third-order valence-corrected chi connectivity index (χ3v) is 5.08. The van der Waals surface area contributed by atoms with Crippen molar-refractivity contribution in [3.63, 3.8) is 0 Å². The summed E-state index contributed by atoms with van der Waals surface area (Å²) in [6.07, 6.45) is 4.48. The zero-order valence-electron chi connectivity index (χ0n) is 14.6. The molecule has 6 nitrogen and oxygen atoms in total. The maximum absolute atomic E-state index is 6.14. The molecule has 2 aliphatic heterocycles. The van der Waals surface area contributed by atoms with Crippen molar-refractivity contribution in [1.29, 1.82) is 0 Å². The van der Waals surface area contributed by atoms with Crippen molar-refractivity contribution >= 4 is 5.82 Å². The Labute approximate surface area is 148 Å². The number of aromatic nitrogens is 3. The molecule has 2 saturated heterocycles. The van der Waals surface area contributed by atoms with Crippen LogP contribution >= 0.6 is 0 Å². The average Bonchev–Trinajstić information content (AvgIpc) is 2.64. The average molecular weight is 339 g/mol. The van der Waals surface area contributed by atoms with Crippen LogP contribution in [0.3, 0.4) is 0 Å². The van der Waals surface area contributed by atoms with Crippen molar-refractivity contribution in [2.45, 2.75) is 38.5 Å². The molecule has 4 heterocycles. The molecule has 3 atom stereocenters. The molecule has 0 aromatic carbocycles. The minimum absolute atomic E-state index is 0.222. The molecule has 132 valence electrons. The Balaban J connectivity index is 1.49. The Morgan fingerprint density at radius 1 is 1.20 bits per heavy atom. The van der Waals surface area contributed by atoms with Gasteiger partial charge in [-0.25, -0.2) is 0 Å². The highest BCUT2D eigenvalue weighted by Crippen LogP contribution is 2.30. The lowest BCUT2D eigenvalue weighted by Gasteiger charge is -2.46. The van der Waals surface area contributed by atoms with Gasteiger partial charge in [-0.3, -0.25) is 9.88 Å². The van der Waals surface area contributed by atoms with E-state index in [4.69, 9.17) is 4.74 Å². The molecule has 0 aliphatic carbocycles. The summed E-state index contributed by atoms with van der Waals surface area (Å²) in [6, 6.07) is 10.3. The smallest absolute Gasteiger partial charge is 0.149 e. The predicted octanol–water partition coefficient (Wildman–Crippen LogP) is 2.27. The quantitative estimate of drug-likeness (QED) is 0.922. The summed E-state index contributed by atoms with van der Waals surface area (Å²) >= 11 is 0. The number of anilines is 1. The number of nitrogens with one attached hydrogen (secondary N) is 1. The van der Waals surface area contributed by atoms with Crippen LogP contribution in [-0.2, 0) is 11.3 Å². The van der Waals surface area contributed by atoms with E-state index in [0.717, 1.165) is 49.9 Å². The van der Waals surface area contributed by atoms with Gasteiger partial charge in [0.25, 0.3) is 0 Å². The van der Waals surface area contributed by atoms with Crippen LogP contribution < -0.4 is 5.32 Å². The number of rotatable bonds is 4. The Morgan fingerprint density at radius 2 is 2.16 bits per heavy atom. The molecule has 0 radical (unpaired) electrons. The van der Waals surface area contributed by atoms with E-state index in [1.807, 2.05) is 31.3 Å². The molecular weight excluding hydrogens is 314 g/mol. The molecule has 2 aromatic heterocycles. The Kier molecular flexibility index (Phi) is 4.90. The summed E-state index contributed by atoms with van der Waals surface area (Å²) < 4.78 is 6.14. The fraction of sp³-hybridized carbons (Fsp3) is 0.526. The lowest BCUT2D eigenvalue weighted by atomic mass is 9.85. The van der Waals surface area contributed by atoms with Crippen LogP contribution in [0.2, 0.25) is 0 Å². The summed E-state index contributed by atoms with van der Waals surface area (Å²) in [5.41, 5.74) is 2.05. The van der Waals surface area contributed by atoms with Crippen molar-refractivity contribution in [3.05, 3.63) is 47.9 Å². The molecule has 2 fully saturated rings. The highest BCUT2D eigenvalue weighted by molar-refractivity contribution is 5.35. The van der Waals surface area contributed by atoms with Crippen molar-refractivity contribution in [2.75, 3.05) is 25.0 Å². The molecule has 2 aliphatic rings. The number of likely N-dealkylation sites (tertiary alicyclic amines) is 1. The number of fused-ring (bicyclic) bond motifs is 1. The van der Waals surface area contributed by atoms with Crippen molar-refractivity contribution in [3.8, 4) is 0 Å². The van der Waals surface area contributed by atoms with Gasteiger partial charge in [0.2, 0.25) is 0 Å². The summed E-state index contributed by atoms with van der Waals surface area (Å²) in [7, 11) is 0. The van der Waals surface area contributed by atoms with Crippen LogP contribution in [0.1, 0.15) is 24.2 Å². The number of aryl methyl sites for hydroxylation is 1. The Morgan fingerprint density at radius 3 is 2.96 bits per heavy atom. The number of ether oxygens (including phenoxy) is 1. The second kappa shape index (κ2) is 7.45. The van der Waals surface area contributed by atoms with Gasteiger partial charge in [-0.2, -0.15) is 5.10 Å². The third kappa shape index (κ3) is 3.96. The molecule has 6 heteroatoms. The van der Waals surface area contributed by atoms with Gasteiger partial charge in [-0.15, -0.1) is 5.10 Å². The van der Waals surface area contributed by atoms with Gasteiger partial charge in [0.15, 0.2) is 0 Å². The zero-order chi connectivity index (χ0) is 17.1. The first kappa shape index (κ1) is 16.4. The second-order valence-corrected chi connectivity index (χ2v) is 7.06. The summed E-state index contributed by atoms with van der Waals surface area (Å²) in [4.78, 5) is 6.96. The molecule has 0 spiro atoms. The van der Waals surface area contributed by atoms with E-state index in [-0.39, 0.29) is 12.1 Å². The molecule has 0 bridgehead atoms. The van der Waals surface area contributed by atoms with Gasteiger partial charge in [-0.1, -0.05) is 6.07 Å². The van der Waals surface area contributed by atoms with Crippen molar-refractivity contribution < 1.29 is 4.74 Å². The molecule has 4 rings (SSSR count). The molecule has 0 saturated carbocycles. The molecule has 2 aromatic rings. The standard InChI is InChI=1S/C19H25N5O/c1-14-7-8-18(23-22-14)21-17-13-24(12-16-6-2-3-9-20-16)11-15-5-4-10-25-19(15)17/h2-3,6-9,15,17,19H,4-5,10-13H2,1H3,(H,21,23)/t15-,17+,19-/m0/s1. The van der Waals surface area contributed by atoms with Crippen LogP contribution in [0.15, 0.2) is 36.5 Å². The highest BCUT2D eigenvalue weighted by Gasteiger charge is 2.39. The SMILES string of the molecule is Cc1ccc(N[C@@H]2CN(Cc3ccccn3)C[C@@H]3CCCO[C@@H]32)nn1. The minimum Gasteiger partial charge on any atom is -0.376 e. The Bertz CT molecular complexity index is 678. The van der Waals surface area contributed by atoms with Crippen LogP contribution in [0.25, 0.3) is 0 Å². The van der Waals surface area contributed by atoms with Gasteiger partial charge in [0, 0.05) is 32.4 Å². The van der Waals surface area contributed by atoms with E-state index >= 15 is 0 Å². The number of hydrogen-bond acceptors (Lipinski definition) is 6. The fourth-order valence-corrected chi connectivity index (χ4v) is 3.94. The zero-order valence-corrected chi connectivity index (χ0v) is 14.6. The monoisotopic (exact) mass is 339 g/mol. The topological polar surface area (TPSA) is 63.2 Å². The molecule has 0 amide bonds. The van der Waals surface area contributed by atoms with Crippen LogP contribution in [0.5, 0.6) is 0 Å². The summed E-state index contributed by atoms with van der Waals surface area (Å²) in [5, 5.41) is 12.0. The predicted molar refractivity (Wildman–Crippen MR) is 96.2 cm³/mol. The van der Waals surface area contributed by atoms with E-state index in [2.05, 4.69) is 37.5 Å². The molecule has 1 N–H and O–H groups in total. The maximum Gasteiger partial charge on any atom is 0.149 e. The van der Waals surface area contributed by atoms with Crippen LogP contribution in [0.4, 0.5) is 5.82 Å². The summed E-state index contributed by atoms with van der Waals surface area (Å²) in [5.74, 6) is 1.38. The third-order valence-electron chi connectivity index (χ3n) is 5.08. The second-order valence-electron chi connectivity index (χ2n) is 7.06. The van der Waals surface area contributed by atoms with Gasteiger partial charge in [0.05, 0.1) is 23.5 Å². The van der Waals surface area contributed by atoms with E-state index < -0.39 is 0 Å². The number of piperidine rings is 1. The minimum atomic E-state index is 0.222. The largest absolute Gasteiger partial charge is 0.376 e. The van der Waals surface area contributed by atoms with Gasteiger partial charge in [-0.05, 0) is 49.9 Å². The van der Waals surface area contributed by atoms with E-state index in [0.29, 0.717) is 5.92 Å². The Hall–Kier alpha value is -2.05. The van der Waals surface area contributed by atoms with Gasteiger partial charge < -0.3 is 10.1 Å². The number of pyridine rings is 1. The maximum atomic E-state index is 6.14. The van der Waals surface area contributed by atoms with Crippen molar-refractivity contribution in [1.82, 2.24) is 20.1 Å². The lowest BCUT2D eigenvalue weighted by molar-refractivity contribution is -0.0749. The van der Waals surface area contributed by atoms with E-state index in [9.17, 15) is 0 Å². The molecule has 0 unspecified atom stereocenters. The lowest BCUT2D eigenvalue weighted by Crippen LogP contribution is -2.57.